The minimum absolute atomic E-state index is 0.178. The molecule has 1 aliphatic heterocycles. The van der Waals surface area contributed by atoms with Crippen molar-refractivity contribution in [3.8, 4) is 0 Å². The highest BCUT2D eigenvalue weighted by Crippen LogP contribution is 2.36. The molecule has 1 atom stereocenters. The molecule has 0 radical (unpaired) electrons. The van der Waals surface area contributed by atoms with Crippen LogP contribution < -0.4 is 10.8 Å². The number of halogens is 3. The van der Waals surface area contributed by atoms with Crippen LogP contribution >= 0.6 is 0 Å². The van der Waals surface area contributed by atoms with Gasteiger partial charge in [-0.1, -0.05) is 24.3 Å². The number of hydrogen-bond donors (Lipinski definition) is 1. The minimum Gasteiger partial charge on any atom is -0.399 e. The molecule has 0 saturated carbocycles. The zero-order valence-electron chi connectivity index (χ0n) is 16.6. The van der Waals surface area contributed by atoms with Crippen molar-refractivity contribution in [2.75, 3.05) is 5.32 Å². The Kier molecular flexibility index (Phi) is 5.23. The van der Waals surface area contributed by atoms with E-state index in [0.29, 0.717) is 0 Å². The highest BCUT2D eigenvalue weighted by Gasteiger charge is 2.51. The Bertz CT molecular complexity index is 822. The molecular formula is C20H24BF3N2O2. The first-order valence-electron chi connectivity index (χ1n) is 9.14. The molecule has 3 rings (SSSR count). The molecule has 1 unspecified atom stereocenters. The molecular weight excluding hydrogens is 368 g/mol. The van der Waals surface area contributed by atoms with Crippen molar-refractivity contribution in [3.63, 3.8) is 0 Å². The first kappa shape index (κ1) is 20.7. The van der Waals surface area contributed by atoms with Gasteiger partial charge in [-0.25, -0.2) is 4.98 Å². The number of aromatic nitrogens is 1. The highest BCUT2D eigenvalue weighted by molar-refractivity contribution is 6.62. The van der Waals surface area contributed by atoms with Gasteiger partial charge in [0.15, 0.2) is 0 Å². The Balaban J connectivity index is 1.70. The van der Waals surface area contributed by atoms with Crippen molar-refractivity contribution < 1.29 is 22.5 Å². The topological polar surface area (TPSA) is 43.4 Å². The van der Waals surface area contributed by atoms with E-state index in [2.05, 4.69) is 10.3 Å². The lowest BCUT2D eigenvalue weighted by Crippen LogP contribution is -2.41. The van der Waals surface area contributed by atoms with Gasteiger partial charge in [0.25, 0.3) is 0 Å². The second kappa shape index (κ2) is 7.08. The predicted octanol–water partition coefficient (Wildman–Crippen LogP) is 4.57. The van der Waals surface area contributed by atoms with Gasteiger partial charge < -0.3 is 14.6 Å². The molecule has 28 heavy (non-hydrogen) atoms. The summed E-state index contributed by atoms with van der Waals surface area (Å²) in [6, 6.07) is 9.38. The van der Waals surface area contributed by atoms with Gasteiger partial charge in [-0.3, -0.25) is 0 Å². The predicted molar refractivity (Wildman–Crippen MR) is 103 cm³/mol. The molecule has 0 bridgehead atoms. The van der Waals surface area contributed by atoms with Crippen LogP contribution in [-0.4, -0.2) is 23.3 Å². The fourth-order valence-corrected chi connectivity index (χ4v) is 2.91. The maximum absolute atomic E-state index is 12.9. The van der Waals surface area contributed by atoms with E-state index in [1.54, 1.807) is 0 Å². The quantitative estimate of drug-likeness (QED) is 0.775. The molecule has 4 nitrogen and oxygen atoms in total. The summed E-state index contributed by atoms with van der Waals surface area (Å²) in [5, 5.41) is 3.01. The lowest BCUT2D eigenvalue weighted by atomic mass is 9.78. The Morgan fingerprint density at radius 1 is 1.00 bits per heavy atom. The van der Waals surface area contributed by atoms with Crippen molar-refractivity contribution in [2.24, 2.45) is 0 Å². The summed E-state index contributed by atoms with van der Waals surface area (Å²) in [4.78, 5) is 3.98. The summed E-state index contributed by atoms with van der Waals surface area (Å²) in [5.41, 5.74) is 0.250. The smallest absolute Gasteiger partial charge is 0.399 e. The number of nitrogens with one attached hydrogen (secondary N) is 1. The average Bonchev–Trinajstić information content (AvgIpc) is 2.82. The molecule has 1 aromatic heterocycles. The molecule has 1 aliphatic rings. The molecule has 1 fully saturated rings. The molecule has 2 aromatic rings. The number of benzene rings is 1. The Hall–Kier alpha value is -2.06. The van der Waals surface area contributed by atoms with E-state index in [1.165, 1.54) is 0 Å². The van der Waals surface area contributed by atoms with E-state index in [9.17, 15) is 13.2 Å². The van der Waals surface area contributed by atoms with E-state index < -0.39 is 30.1 Å². The molecule has 1 N–H and O–H groups in total. The van der Waals surface area contributed by atoms with Crippen molar-refractivity contribution >= 4 is 18.4 Å². The van der Waals surface area contributed by atoms with E-state index in [4.69, 9.17) is 9.31 Å². The first-order valence-corrected chi connectivity index (χ1v) is 9.14. The molecule has 0 spiro atoms. The van der Waals surface area contributed by atoms with Gasteiger partial charge in [-0.2, -0.15) is 13.2 Å². The van der Waals surface area contributed by atoms with E-state index >= 15 is 0 Å². The normalized spacial score (nSPS) is 19.5. The van der Waals surface area contributed by atoms with Crippen LogP contribution in [-0.2, 0) is 15.5 Å². The van der Waals surface area contributed by atoms with Crippen molar-refractivity contribution in [1.29, 1.82) is 0 Å². The van der Waals surface area contributed by atoms with E-state index in [1.807, 2.05) is 58.9 Å². The summed E-state index contributed by atoms with van der Waals surface area (Å²) >= 11 is 0. The van der Waals surface area contributed by atoms with Crippen molar-refractivity contribution in [2.45, 2.75) is 58.0 Å². The Morgan fingerprint density at radius 3 is 2.11 bits per heavy atom. The van der Waals surface area contributed by atoms with Gasteiger partial charge in [-0.15, -0.1) is 0 Å². The van der Waals surface area contributed by atoms with Gasteiger partial charge in [-0.05, 0) is 57.8 Å². The maximum atomic E-state index is 12.9. The van der Waals surface area contributed by atoms with Crippen LogP contribution in [0.1, 0.15) is 51.8 Å². The fourth-order valence-electron chi connectivity index (χ4n) is 2.91. The average molecular weight is 392 g/mol. The largest absolute Gasteiger partial charge is 0.494 e. The lowest BCUT2D eigenvalue weighted by Gasteiger charge is -2.32. The standard InChI is InChI=1S/C20H24BF3N2O2/c1-13(26-17-12-15(10-11-25-17)20(22,23)24)14-6-8-16(9-7-14)21-27-18(2,3)19(4,5)28-21/h6-13H,1-5H3,(H,25,26). The molecule has 8 heteroatoms. The Labute approximate surface area is 163 Å². The van der Waals surface area contributed by atoms with Gasteiger partial charge >= 0.3 is 13.3 Å². The zero-order chi connectivity index (χ0) is 20.7. The van der Waals surface area contributed by atoms with E-state index in [-0.39, 0.29) is 11.9 Å². The molecule has 0 aliphatic carbocycles. The summed E-state index contributed by atoms with van der Waals surface area (Å²) < 4.78 is 50.6. The third kappa shape index (κ3) is 4.18. The molecule has 1 aromatic carbocycles. The second-order valence-electron chi connectivity index (χ2n) is 8.05. The number of alkyl halides is 3. The zero-order valence-corrected chi connectivity index (χ0v) is 16.6. The lowest BCUT2D eigenvalue weighted by molar-refractivity contribution is -0.137. The minimum atomic E-state index is -4.40. The molecule has 2 heterocycles. The third-order valence-corrected chi connectivity index (χ3v) is 5.41. The van der Waals surface area contributed by atoms with Crippen LogP contribution in [0.15, 0.2) is 42.6 Å². The highest BCUT2D eigenvalue weighted by atomic mass is 19.4. The summed E-state index contributed by atoms with van der Waals surface area (Å²) in [6.07, 6.45) is -3.24. The van der Waals surface area contributed by atoms with Crippen LogP contribution in [0, 0.1) is 0 Å². The van der Waals surface area contributed by atoms with E-state index in [0.717, 1.165) is 29.4 Å². The molecule has 150 valence electrons. The summed E-state index contributed by atoms with van der Waals surface area (Å²) in [6.45, 7) is 9.85. The number of nitrogens with zero attached hydrogens (tertiary/aromatic N) is 1. The van der Waals surface area contributed by atoms with Crippen LogP contribution in [0.4, 0.5) is 19.0 Å². The first-order chi connectivity index (χ1) is 12.9. The second-order valence-corrected chi connectivity index (χ2v) is 8.05. The fraction of sp³-hybridized carbons (Fsp3) is 0.450. The van der Waals surface area contributed by atoms with Crippen LogP contribution in [0.3, 0.4) is 0 Å². The van der Waals surface area contributed by atoms with Gasteiger partial charge in [0.05, 0.1) is 16.8 Å². The van der Waals surface area contributed by atoms with Crippen molar-refractivity contribution in [1.82, 2.24) is 4.98 Å². The Morgan fingerprint density at radius 2 is 1.57 bits per heavy atom. The van der Waals surface area contributed by atoms with Crippen LogP contribution in [0.2, 0.25) is 0 Å². The van der Waals surface area contributed by atoms with Crippen LogP contribution in [0.5, 0.6) is 0 Å². The summed E-state index contributed by atoms with van der Waals surface area (Å²) in [5.74, 6) is 0.178. The number of anilines is 1. The van der Waals surface area contributed by atoms with Crippen LogP contribution in [0.25, 0.3) is 0 Å². The molecule has 1 saturated heterocycles. The number of rotatable bonds is 4. The van der Waals surface area contributed by atoms with Gasteiger partial charge in [0, 0.05) is 12.2 Å². The third-order valence-electron chi connectivity index (χ3n) is 5.41. The van der Waals surface area contributed by atoms with Gasteiger partial charge in [0.1, 0.15) is 5.82 Å². The molecule has 0 amide bonds. The SMILES string of the molecule is CC(Nc1cc(C(F)(F)F)ccn1)c1ccc(B2OC(C)(C)C(C)(C)O2)cc1. The maximum Gasteiger partial charge on any atom is 0.494 e. The van der Waals surface area contributed by atoms with Gasteiger partial charge in [0.2, 0.25) is 0 Å². The van der Waals surface area contributed by atoms with Crippen molar-refractivity contribution in [3.05, 3.63) is 53.7 Å². The number of hydrogen-bond acceptors (Lipinski definition) is 4. The number of pyridine rings is 1. The summed E-state index contributed by atoms with van der Waals surface area (Å²) in [7, 11) is -0.451. The monoisotopic (exact) mass is 392 g/mol.